The molecule has 0 atom stereocenters. The lowest BCUT2D eigenvalue weighted by atomic mass is 10.2. The molecule has 1 N–H and O–H groups in total. The summed E-state index contributed by atoms with van der Waals surface area (Å²) in [6.45, 7) is 3.53. The summed E-state index contributed by atoms with van der Waals surface area (Å²) in [5.74, 6) is 0.887. The van der Waals surface area contributed by atoms with Gasteiger partial charge in [0.05, 0.1) is 24.2 Å². The van der Waals surface area contributed by atoms with Gasteiger partial charge in [-0.1, -0.05) is 24.3 Å². The van der Waals surface area contributed by atoms with E-state index in [1.807, 2.05) is 34.1 Å². The Morgan fingerprint density at radius 2 is 1.77 bits per heavy atom. The second-order valence-electron chi connectivity index (χ2n) is 9.48. The van der Waals surface area contributed by atoms with Crippen molar-refractivity contribution in [3.63, 3.8) is 0 Å². The summed E-state index contributed by atoms with van der Waals surface area (Å²) in [6, 6.07) is 16.6. The zero-order valence-electron chi connectivity index (χ0n) is 21.2. The molecule has 0 radical (unpaired) electrons. The van der Waals surface area contributed by atoms with Gasteiger partial charge in [0.15, 0.2) is 5.82 Å². The third-order valence-electron chi connectivity index (χ3n) is 7.01. The van der Waals surface area contributed by atoms with E-state index in [1.165, 1.54) is 4.57 Å². The van der Waals surface area contributed by atoms with Crippen LogP contribution >= 0.6 is 0 Å². The summed E-state index contributed by atoms with van der Waals surface area (Å²) in [5.41, 5.74) is 3.66. The first kappa shape index (κ1) is 25.2. The maximum Gasteiger partial charge on any atom is 0.296 e. The quantitative estimate of drug-likeness (QED) is 0.330. The number of alkyl halides is 2. The minimum atomic E-state index is -2.78. The van der Waals surface area contributed by atoms with Crippen molar-refractivity contribution in [1.29, 1.82) is 0 Å². The van der Waals surface area contributed by atoms with Crippen LogP contribution in [0.2, 0.25) is 0 Å². The molecule has 4 aromatic rings. The second kappa shape index (κ2) is 10.9. The molecular weight excluding hydrogens is 507 g/mol. The number of morpholine rings is 1. The number of ether oxygens (including phenoxy) is 1. The predicted octanol–water partition coefficient (Wildman–Crippen LogP) is 5.61. The molecule has 0 amide bonds. The van der Waals surface area contributed by atoms with Gasteiger partial charge in [0.1, 0.15) is 18.0 Å². The molecule has 4 heterocycles. The SMILES string of the molecule is F/C=C1\CCCN1c1ccc(CNc2cc(-n3c(C(F)F)nc4ccccc43)nc(N3CCOCC3)n2)cc1. The summed E-state index contributed by atoms with van der Waals surface area (Å²) in [6.07, 6.45) is -0.428. The van der Waals surface area contributed by atoms with E-state index in [9.17, 15) is 13.2 Å². The smallest absolute Gasteiger partial charge is 0.296 e. The van der Waals surface area contributed by atoms with Crippen LogP contribution in [0, 0.1) is 0 Å². The lowest BCUT2D eigenvalue weighted by molar-refractivity contribution is 0.122. The molecule has 0 aliphatic carbocycles. The van der Waals surface area contributed by atoms with Gasteiger partial charge in [0, 0.05) is 43.6 Å². The average Bonchev–Trinajstić information content (AvgIpc) is 3.62. The zero-order chi connectivity index (χ0) is 26.8. The van der Waals surface area contributed by atoms with Crippen LogP contribution in [0.4, 0.5) is 30.6 Å². The number of para-hydroxylation sites is 2. The molecule has 0 unspecified atom stereocenters. The standard InChI is InChI=1S/C28H28F3N7O/c29-17-21-4-3-11-37(21)20-9-7-19(8-10-20)18-32-24-16-25(35-28(34-24)36-12-14-39-15-13-36)38-23-6-2-1-5-22(23)33-27(38)26(30)31/h1-2,5-10,16-17,26H,3-4,11-15,18H2,(H,32,34,35)/b21-17+. The number of nitrogens with one attached hydrogen (secondary N) is 1. The summed E-state index contributed by atoms with van der Waals surface area (Å²) >= 11 is 0. The number of imidazole rings is 1. The highest BCUT2D eigenvalue weighted by atomic mass is 19.3. The predicted molar refractivity (Wildman–Crippen MR) is 144 cm³/mol. The highest BCUT2D eigenvalue weighted by Gasteiger charge is 2.23. The van der Waals surface area contributed by atoms with Crippen LogP contribution in [-0.2, 0) is 11.3 Å². The Labute approximate surface area is 223 Å². The Bertz CT molecular complexity index is 1480. The molecule has 0 bridgehead atoms. The second-order valence-corrected chi connectivity index (χ2v) is 9.48. The van der Waals surface area contributed by atoms with E-state index in [0.717, 1.165) is 30.6 Å². The van der Waals surface area contributed by atoms with Crippen molar-refractivity contribution in [2.24, 2.45) is 0 Å². The van der Waals surface area contributed by atoms with Crippen LogP contribution in [0.5, 0.6) is 0 Å². The summed E-state index contributed by atoms with van der Waals surface area (Å²) in [4.78, 5) is 17.5. The topological polar surface area (TPSA) is 71.3 Å². The minimum absolute atomic E-state index is 0.313. The van der Waals surface area contributed by atoms with Gasteiger partial charge in [-0.15, -0.1) is 0 Å². The van der Waals surface area contributed by atoms with Gasteiger partial charge in [-0.05, 0) is 42.7 Å². The van der Waals surface area contributed by atoms with Gasteiger partial charge in [0.2, 0.25) is 5.95 Å². The molecule has 2 fully saturated rings. The van der Waals surface area contributed by atoms with Crippen LogP contribution in [0.15, 0.2) is 66.6 Å². The van der Waals surface area contributed by atoms with Gasteiger partial charge in [0.25, 0.3) is 6.43 Å². The number of halogens is 3. The molecule has 6 rings (SSSR count). The molecule has 0 saturated carbocycles. The summed E-state index contributed by atoms with van der Waals surface area (Å²) < 4.78 is 48.2. The molecule has 202 valence electrons. The molecule has 2 aromatic carbocycles. The molecule has 39 heavy (non-hydrogen) atoms. The van der Waals surface area contributed by atoms with E-state index in [4.69, 9.17) is 9.72 Å². The van der Waals surface area contributed by atoms with E-state index in [1.54, 1.807) is 30.3 Å². The maximum atomic E-state index is 14.1. The van der Waals surface area contributed by atoms with Gasteiger partial charge in [-0.2, -0.15) is 9.97 Å². The van der Waals surface area contributed by atoms with E-state index in [-0.39, 0.29) is 5.82 Å². The minimum Gasteiger partial charge on any atom is -0.378 e. The largest absolute Gasteiger partial charge is 0.378 e. The zero-order valence-corrected chi connectivity index (χ0v) is 21.2. The van der Waals surface area contributed by atoms with Gasteiger partial charge >= 0.3 is 0 Å². The monoisotopic (exact) mass is 535 g/mol. The van der Waals surface area contributed by atoms with Gasteiger partial charge < -0.3 is 19.9 Å². The Morgan fingerprint density at radius 3 is 2.54 bits per heavy atom. The van der Waals surface area contributed by atoms with Gasteiger partial charge in [-0.3, -0.25) is 4.57 Å². The lowest BCUT2D eigenvalue weighted by Crippen LogP contribution is -2.37. The van der Waals surface area contributed by atoms with Crippen molar-refractivity contribution in [2.45, 2.75) is 25.8 Å². The van der Waals surface area contributed by atoms with E-state index in [0.29, 0.717) is 73.5 Å². The molecule has 8 nitrogen and oxygen atoms in total. The highest BCUT2D eigenvalue weighted by molar-refractivity contribution is 5.78. The number of hydrogen-bond donors (Lipinski definition) is 1. The van der Waals surface area contributed by atoms with Crippen molar-refractivity contribution in [2.75, 3.05) is 48.0 Å². The van der Waals surface area contributed by atoms with Crippen LogP contribution < -0.4 is 15.1 Å². The van der Waals surface area contributed by atoms with E-state index >= 15 is 0 Å². The number of rotatable bonds is 7. The molecule has 2 aromatic heterocycles. The van der Waals surface area contributed by atoms with Crippen molar-refractivity contribution in [3.8, 4) is 5.82 Å². The van der Waals surface area contributed by atoms with Crippen LogP contribution in [-0.4, -0.2) is 52.4 Å². The van der Waals surface area contributed by atoms with Crippen LogP contribution in [0.1, 0.15) is 30.7 Å². The molecule has 2 saturated heterocycles. The normalized spacial score (nSPS) is 17.1. The third kappa shape index (κ3) is 5.14. The molecule has 2 aliphatic rings. The van der Waals surface area contributed by atoms with Crippen molar-refractivity contribution in [1.82, 2.24) is 19.5 Å². The number of allylic oxidation sites excluding steroid dienone is 1. The Balaban J connectivity index is 1.31. The molecule has 2 aliphatic heterocycles. The van der Waals surface area contributed by atoms with Crippen molar-refractivity contribution in [3.05, 3.63) is 78.0 Å². The number of nitrogens with zero attached hydrogens (tertiary/aromatic N) is 6. The first-order chi connectivity index (χ1) is 19.1. The van der Waals surface area contributed by atoms with Crippen LogP contribution in [0.3, 0.4) is 0 Å². The third-order valence-corrected chi connectivity index (χ3v) is 7.01. The highest BCUT2D eigenvalue weighted by Crippen LogP contribution is 2.30. The maximum absolute atomic E-state index is 14.1. The van der Waals surface area contributed by atoms with Crippen molar-refractivity contribution >= 4 is 28.5 Å². The Hall–Kier alpha value is -4.12. The molecule has 0 spiro atoms. The molecular formula is C28H28F3N7O. The summed E-state index contributed by atoms with van der Waals surface area (Å²) in [7, 11) is 0. The fourth-order valence-corrected chi connectivity index (χ4v) is 5.06. The number of fused-ring (bicyclic) bond motifs is 1. The first-order valence-electron chi connectivity index (χ1n) is 13.0. The first-order valence-corrected chi connectivity index (χ1v) is 13.0. The lowest BCUT2D eigenvalue weighted by Gasteiger charge is -2.27. The average molecular weight is 536 g/mol. The fraction of sp³-hybridized carbons (Fsp3) is 0.321. The fourth-order valence-electron chi connectivity index (χ4n) is 5.06. The summed E-state index contributed by atoms with van der Waals surface area (Å²) in [5, 5.41) is 3.33. The van der Waals surface area contributed by atoms with E-state index in [2.05, 4.69) is 15.3 Å². The Morgan fingerprint density at radius 1 is 0.974 bits per heavy atom. The number of anilines is 3. The number of aromatic nitrogens is 4. The molecule has 11 heteroatoms. The van der Waals surface area contributed by atoms with Gasteiger partial charge in [-0.25, -0.2) is 18.2 Å². The Kier molecular flexibility index (Phi) is 7.06. The van der Waals surface area contributed by atoms with Crippen molar-refractivity contribution < 1.29 is 17.9 Å². The number of hydrogen-bond acceptors (Lipinski definition) is 7. The van der Waals surface area contributed by atoms with E-state index < -0.39 is 6.43 Å². The number of benzene rings is 2. The van der Waals surface area contributed by atoms with Crippen LogP contribution in [0.25, 0.3) is 16.9 Å².